The maximum Gasteiger partial charge on any atom is 0.261 e. The maximum absolute atomic E-state index is 12.9. The molecular weight excluding hydrogens is 335 g/mol. The van der Waals surface area contributed by atoms with Gasteiger partial charge in [0.2, 0.25) is 0 Å². The highest BCUT2D eigenvalue weighted by Gasteiger charge is 2.14. The largest absolute Gasteiger partial charge is 0.484 e. The summed E-state index contributed by atoms with van der Waals surface area (Å²) in [5.41, 5.74) is 0.325. The van der Waals surface area contributed by atoms with Crippen LogP contribution >= 0.6 is 0 Å². The maximum atomic E-state index is 12.9. The summed E-state index contributed by atoms with van der Waals surface area (Å²) in [4.78, 5) is 12.8. The number of benzene rings is 2. The van der Waals surface area contributed by atoms with Gasteiger partial charge in [-0.3, -0.25) is 9.52 Å². The van der Waals surface area contributed by atoms with Crippen molar-refractivity contribution in [3.63, 3.8) is 0 Å². The lowest BCUT2D eigenvalue weighted by Crippen LogP contribution is -2.27. The Labute approximate surface area is 139 Å². The fourth-order valence-electron chi connectivity index (χ4n) is 1.72. The monoisotopic (exact) mass is 352 g/mol. The predicted octanol–water partition coefficient (Wildman–Crippen LogP) is 2.09. The molecule has 0 aliphatic heterocycles. The normalized spacial score (nSPS) is 11.0. The molecular formula is C16H17FN2O4S. The summed E-state index contributed by atoms with van der Waals surface area (Å²) in [6.45, 7) is -0.104. The van der Waals surface area contributed by atoms with Crippen LogP contribution in [0.25, 0.3) is 0 Å². The molecule has 1 N–H and O–H groups in total. The predicted molar refractivity (Wildman–Crippen MR) is 87.8 cm³/mol. The van der Waals surface area contributed by atoms with Gasteiger partial charge in [-0.2, -0.15) is 0 Å². The van der Waals surface area contributed by atoms with Crippen molar-refractivity contribution in [1.82, 2.24) is 4.90 Å². The zero-order valence-electron chi connectivity index (χ0n) is 13.2. The number of nitrogens with one attached hydrogen (secondary N) is 1. The van der Waals surface area contributed by atoms with E-state index in [1.807, 2.05) is 0 Å². The number of sulfonamides is 1. The van der Waals surface area contributed by atoms with E-state index in [-0.39, 0.29) is 17.4 Å². The number of carbonyl (C=O) groups is 1. The third-order valence-corrected chi connectivity index (χ3v) is 4.49. The molecule has 0 heterocycles. The first-order valence-electron chi connectivity index (χ1n) is 6.99. The number of likely N-dealkylation sites (N-methyl/N-ethyl adjacent to an activating group) is 1. The summed E-state index contributed by atoms with van der Waals surface area (Å²) < 4.78 is 44.9. The lowest BCUT2D eigenvalue weighted by molar-refractivity contribution is -0.130. The first kappa shape index (κ1) is 17.7. The van der Waals surface area contributed by atoms with E-state index >= 15 is 0 Å². The van der Waals surface area contributed by atoms with Gasteiger partial charge in [0.05, 0.1) is 4.90 Å². The van der Waals surface area contributed by atoms with Crippen molar-refractivity contribution in [2.75, 3.05) is 25.4 Å². The summed E-state index contributed by atoms with van der Waals surface area (Å²) in [6, 6.07) is 10.6. The summed E-state index contributed by atoms with van der Waals surface area (Å²) in [5, 5.41) is 0. The van der Waals surface area contributed by atoms with Crippen LogP contribution in [0, 0.1) is 5.82 Å². The highest BCUT2D eigenvalue weighted by Crippen LogP contribution is 2.19. The second kappa shape index (κ2) is 7.31. The van der Waals surface area contributed by atoms with Crippen molar-refractivity contribution in [3.8, 4) is 5.75 Å². The first-order chi connectivity index (χ1) is 11.3. The van der Waals surface area contributed by atoms with E-state index in [2.05, 4.69) is 4.72 Å². The number of anilines is 1. The molecule has 128 valence electrons. The number of hydrogen-bond donors (Lipinski definition) is 1. The molecule has 24 heavy (non-hydrogen) atoms. The lowest BCUT2D eigenvalue weighted by atomic mass is 10.3. The third kappa shape index (κ3) is 4.69. The summed E-state index contributed by atoms with van der Waals surface area (Å²) in [6.07, 6.45) is 0. The number of hydrogen-bond acceptors (Lipinski definition) is 4. The molecule has 0 atom stereocenters. The topological polar surface area (TPSA) is 75.7 Å². The van der Waals surface area contributed by atoms with E-state index < -0.39 is 15.8 Å². The molecule has 0 saturated heterocycles. The van der Waals surface area contributed by atoms with Crippen molar-refractivity contribution in [2.24, 2.45) is 0 Å². The lowest BCUT2D eigenvalue weighted by Gasteiger charge is -2.12. The fourth-order valence-corrected chi connectivity index (χ4v) is 2.78. The van der Waals surface area contributed by atoms with Crippen LogP contribution < -0.4 is 9.46 Å². The van der Waals surface area contributed by atoms with E-state index in [9.17, 15) is 17.6 Å². The third-order valence-electron chi connectivity index (χ3n) is 3.09. The smallest absolute Gasteiger partial charge is 0.261 e. The van der Waals surface area contributed by atoms with Gasteiger partial charge in [-0.1, -0.05) is 0 Å². The molecule has 0 bridgehead atoms. The minimum absolute atomic E-state index is 0.0409. The van der Waals surface area contributed by atoms with E-state index in [1.165, 1.54) is 29.2 Å². The van der Waals surface area contributed by atoms with Crippen molar-refractivity contribution in [2.45, 2.75) is 4.90 Å². The van der Waals surface area contributed by atoms with E-state index in [0.29, 0.717) is 11.4 Å². The van der Waals surface area contributed by atoms with Crippen LogP contribution in [0.15, 0.2) is 53.4 Å². The van der Waals surface area contributed by atoms with Gasteiger partial charge in [-0.05, 0) is 48.5 Å². The Morgan fingerprint density at radius 1 is 1.08 bits per heavy atom. The minimum atomic E-state index is -3.80. The van der Waals surface area contributed by atoms with Crippen LogP contribution in [0.5, 0.6) is 5.75 Å². The van der Waals surface area contributed by atoms with Gasteiger partial charge >= 0.3 is 0 Å². The number of halogens is 1. The molecule has 0 aliphatic rings. The number of nitrogens with zero attached hydrogens (tertiary/aromatic N) is 1. The molecule has 0 aliphatic carbocycles. The highest BCUT2D eigenvalue weighted by molar-refractivity contribution is 7.92. The summed E-state index contributed by atoms with van der Waals surface area (Å²) >= 11 is 0. The van der Waals surface area contributed by atoms with Crippen LogP contribution in [0.2, 0.25) is 0 Å². The number of ether oxygens (including phenoxy) is 1. The Morgan fingerprint density at radius 2 is 1.67 bits per heavy atom. The van der Waals surface area contributed by atoms with E-state index in [1.54, 1.807) is 26.2 Å². The van der Waals surface area contributed by atoms with Gasteiger partial charge in [-0.15, -0.1) is 0 Å². The molecule has 2 aromatic carbocycles. The second-order valence-electron chi connectivity index (χ2n) is 5.16. The standard InChI is InChI=1S/C16H17FN2O4S/c1-19(2)16(20)11-23-14-7-5-13(6-8-14)18-24(21,22)15-9-3-12(17)4-10-15/h3-10,18H,11H2,1-2H3. The van der Waals surface area contributed by atoms with Gasteiger partial charge < -0.3 is 9.64 Å². The fraction of sp³-hybridized carbons (Fsp3) is 0.188. The molecule has 2 rings (SSSR count). The molecule has 8 heteroatoms. The Bertz CT molecular complexity index is 803. The summed E-state index contributed by atoms with van der Waals surface area (Å²) in [7, 11) is -0.550. The average molecular weight is 352 g/mol. The molecule has 2 aromatic rings. The van der Waals surface area contributed by atoms with Crippen LogP contribution in [-0.4, -0.2) is 39.9 Å². The molecule has 0 aromatic heterocycles. The van der Waals surface area contributed by atoms with Crippen LogP contribution in [0.1, 0.15) is 0 Å². The SMILES string of the molecule is CN(C)C(=O)COc1ccc(NS(=O)(=O)c2ccc(F)cc2)cc1. The molecule has 0 unspecified atom stereocenters. The van der Waals surface area contributed by atoms with Gasteiger partial charge in [0.15, 0.2) is 6.61 Å². The van der Waals surface area contributed by atoms with E-state index in [0.717, 1.165) is 12.1 Å². The highest BCUT2D eigenvalue weighted by atomic mass is 32.2. The van der Waals surface area contributed by atoms with E-state index in [4.69, 9.17) is 4.74 Å². The zero-order chi connectivity index (χ0) is 17.7. The minimum Gasteiger partial charge on any atom is -0.484 e. The number of amides is 1. The van der Waals surface area contributed by atoms with Crippen LogP contribution in [0.4, 0.5) is 10.1 Å². The van der Waals surface area contributed by atoms with Crippen molar-refractivity contribution in [1.29, 1.82) is 0 Å². The van der Waals surface area contributed by atoms with Gasteiger partial charge in [-0.25, -0.2) is 12.8 Å². The van der Waals surface area contributed by atoms with Crippen molar-refractivity contribution >= 4 is 21.6 Å². The molecule has 0 saturated carbocycles. The number of rotatable bonds is 6. The molecule has 1 amide bonds. The summed E-state index contributed by atoms with van der Waals surface area (Å²) in [5.74, 6) is -0.256. The van der Waals surface area contributed by atoms with Crippen molar-refractivity contribution < 1.29 is 22.3 Å². The van der Waals surface area contributed by atoms with Crippen LogP contribution in [-0.2, 0) is 14.8 Å². The Balaban J connectivity index is 2.03. The Hall–Kier alpha value is -2.61. The molecule has 0 radical (unpaired) electrons. The second-order valence-corrected chi connectivity index (χ2v) is 6.84. The van der Waals surface area contributed by atoms with Crippen LogP contribution in [0.3, 0.4) is 0 Å². The quantitative estimate of drug-likeness (QED) is 0.864. The molecule has 0 fully saturated rings. The molecule has 0 spiro atoms. The van der Waals surface area contributed by atoms with Gasteiger partial charge in [0, 0.05) is 19.8 Å². The zero-order valence-corrected chi connectivity index (χ0v) is 14.0. The van der Waals surface area contributed by atoms with Crippen molar-refractivity contribution in [3.05, 3.63) is 54.3 Å². The average Bonchev–Trinajstić information content (AvgIpc) is 2.54. The van der Waals surface area contributed by atoms with Gasteiger partial charge in [0.25, 0.3) is 15.9 Å². The Kier molecular flexibility index (Phi) is 5.40. The molecule has 6 nitrogen and oxygen atoms in total. The first-order valence-corrected chi connectivity index (χ1v) is 8.47. The Morgan fingerprint density at radius 3 is 2.21 bits per heavy atom. The van der Waals surface area contributed by atoms with Gasteiger partial charge in [0.1, 0.15) is 11.6 Å². The number of carbonyl (C=O) groups excluding carboxylic acids is 1.